The minimum atomic E-state index is -6.00. The van der Waals surface area contributed by atoms with E-state index < -0.39 is 15.1 Å². The van der Waals surface area contributed by atoms with Crippen LogP contribution in [0.2, 0.25) is 0 Å². The van der Waals surface area contributed by atoms with E-state index in [1.807, 2.05) is 0 Å². The summed E-state index contributed by atoms with van der Waals surface area (Å²) in [5, 5.41) is 0. The average molecular weight is 229 g/mol. The summed E-state index contributed by atoms with van der Waals surface area (Å²) in [6, 6.07) is 0. The molecule has 0 spiro atoms. The topological polar surface area (TPSA) is 55.8 Å². The van der Waals surface area contributed by atoms with E-state index in [2.05, 4.69) is 9.46 Å². The van der Waals surface area contributed by atoms with Crippen LogP contribution in [0, 0.1) is 0 Å². The summed E-state index contributed by atoms with van der Waals surface area (Å²) in [6.07, 6.45) is 0. The Hall–Kier alpha value is 0.352. The normalized spacial score (nSPS) is 11.0. The fourth-order valence-electron chi connectivity index (χ4n) is 0.0106. The minimum absolute atomic E-state index is 0. The SMILES string of the molecule is F[B-](F)(F)F.O=P(O)(OF)OF.[H-].[Li+]. The van der Waals surface area contributed by atoms with Gasteiger partial charge < -0.3 is 18.7 Å². The molecule has 0 heterocycles. The zero-order valence-corrected chi connectivity index (χ0v) is 6.86. The molecule has 0 aromatic rings. The van der Waals surface area contributed by atoms with Crippen molar-refractivity contribution in [1.29, 1.82) is 0 Å². The fraction of sp³-hybridized carbons (Fsp3) is 0. The number of hydrogen-bond donors (Lipinski definition) is 1. The van der Waals surface area contributed by atoms with Gasteiger partial charge in [0, 0.05) is 0 Å². The molecule has 4 nitrogen and oxygen atoms in total. The first kappa shape index (κ1) is 19.0. The summed E-state index contributed by atoms with van der Waals surface area (Å²) in [6.45, 7) is 0. The molecule has 0 atom stereocenters. The molecule has 0 aliphatic rings. The van der Waals surface area contributed by atoms with Crippen LogP contribution in [-0.4, -0.2) is 12.1 Å². The van der Waals surface area contributed by atoms with Crippen LogP contribution in [0.25, 0.3) is 0 Å². The van der Waals surface area contributed by atoms with Crippen molar-refractivity contribution < 1.29 is 65.5 Å². The Kier molecular flexibility index (Phi) is 11.3. The second-order valence-corrected chi connectivity index (χ2v) is 2.31. The predicted molar refractivity (Wildman–Crippen MR) is 25.5 cm³/mol. The van der Waals surface area contributed by atoms with Crippen molar-refractivity contribution >= 4 is 15.1 Å². The van der Waals surface area contributed by atoms with Crippen LogP contribution >= 0.6 is 7.82 Å². The predicted octanol–water partition coefficient (Wildman–Crippen LogP) is -0.695. The largest absolute Gasteiger partial charge is 1.00 e. The van der Waals surface area contributed by atoms with Gasteiger partial charge in [-0.15, -0.1) is 0 Å². The molecule has 0 aliphatic heterocycles. The van der Waals surface area contributed by atoms with Crippen LogP contribution in [-0.2, 0) is 14.0 Å². The Labute approximate surface area is 81.4 Å². The van der Waals surface area contributed by atoms with E-state index >= 15 is 0 Å². The molecule has 0 saturated heterocycles. The Morgan fingerprint density at radius 3 is 1.31 bits per heavy atom. The Morgan fingerprint density at radius 2 is 1.31 bits per heavy atom. The molecule has 0 unspecified atom stereocenters. The second kappa shape index (κ2) is 7.73. The van der Waals surface area contributed by atoms with Gasteiger partial charge in [0.05, 0.1) is 0 Å². The molecule has 0 amide bonds. The Balaban J connectivity index is -0.0000000651. The molecule has 78 valence electrons. The van der Waals surface area contributed by atoms with Crippen molar-refractivity contribution in [3.63, 3.8) is 0 Å². The molecule has 0 bridgehead atoms. The van der Waals surface area contributed by atoms with Crippen LogP contribution in [0.5, 0.6) is 0 Å². The van der Waals surface area contributed by atoms with Gasteiger partial charge >= 0.3 is 33.9 Å². The fourth-order valence-corrected chi connectivity index (χ4v) is 0.0319. The van der Waals surface area contributed by atoms with Crippen molar-refractivity contribution in [2.45, 2.75) is 0 Å². The molecule has 13 heteroatoms. The third kappa shape index (κ3) is 32.8. The number of hydrogen-bond acceptors (Lipinski definition) is 3. The summed E-state index contributed by atoms with van der Waals surface area (Å²) in [7, 11) is -11.0. The van der Waals surface area contributed by atoms with Crippen LogP contribution in [0.1, 0.15) is 1.43 Å². The summed E-state index contributed by atoms with van der Waals surface area (Å²) < 4.78 is 73.3. The molecular formula is H2BF6LiO4P-. The van der Waals surface area contributed by atoms with Gasteiger partial charge in [0.15, 0.2) is 0 Å². The van der Waals surface area contributed by atoms with Crippen molar-refractivity contribution in [3.05, 3.63) is 0 Å². The molecule has 13 heavy (non-hydrogen) atoms. The maximum absolute atomic E-state index is 10.4. The number of halogens is 6. The standard InChI is InChI=1S/BF4.F2HO4P.Li.H/c2-1(3,4)5;1-5-7(3,4)6-2;;/h;(H,3,4);;/q-1;;+1;-1. The van der Waals surface area contributed by atoms with Gasteiger partial charge in [-0.3, -0.25) is 4.89 Å². The summed E-state index contributed by atoms with van der Waals surface area (Å²) in [4.78, 5) is 7.49. The van der Waals surface area contributed by atoms with Gasteiger partial charge in [0.2, 0.25) is 0 Å². The Bertz CT molecular complexity index is 150. The van der Waals surface area contributed by atoms with Crippen molar-refractivity contribution in [2.24, 2.45) is 0 Å². The molecule has 0 saturated carbocycles. The van der Waals surface area contributed by atoms with Crippen LogP contribution in [0.4, 0.5) is 26.3 Å². The maximum Gasteiger partial charge on any atom is 1.00 e. The first-order valence-electron chi connectivity index (χ1n) is 1.93. The van der Waals surface area contributed by atoms with E-state index in [0.717, 1.165) is 0 Å². The van der Waals surface area contributed by atoms with Crippen LogP contribution in [0.15, 0.2) is 0 Å². The Morgan fingerprint density at radius 1 is 1.15 bits per heavy atom. The van der Waals surface area contributed by atoms with E-state index in [0.29, 0.717) is 0 Å². The summed E-state index contributed by atoms with van der Waals surface area (Å²) in [5.74, 6) is 0. The monoisotopic (exact) mass is 229 g/mol. The first-order chi connectivity index (χ1) is 5.12. The third-order valence-corrected chi connectivity index (χ3v) is 0.523. The third-order valence-electron chi connectivity index (χ3n) is 0.174. The maximum atomic E-state index is 10.4. The quantitative estimate of drug-likeness (QED) is 0.386. The van der Waals surface area contributed by atoms with Gasteiger partial charge in [0.1, 0.15) is 0 Å². The van der Waals surface area contributed by atoms with Crippen molar-refractivity contribution in [1.82, 2.24) is 0 Å². The molecule has 0 aliphatic carbocycles. The van der Waals surface area contributed by atoms with E-state index in [9.17, 15) is 30.9 Å². The van der Waals surface area contributed by atoms with Crippen LogP contribution in [0.3, 0.4) is 0 Å². The molecule has 0 aromatic heterocycles. The van der Waals surface area contributed by atoms with E-state index in [1.165, 1.54) is 0 Å². The van der Waals surface area contributed by atoms with Gasteiger partial charge in [-0.05, 0) is 9.05 Å². The summed E-state index contributed by atoms with van der Waals surface area (Å²) >= 11 is 0. The van der Waals surface area contributed by atoms with Gasteiger partial charge in [-0.2, -0.15) is 0 Å². The first-order valence-corrected chi connectivity index (χ1v) is 3.42. The molecule has 1 N–H and O–H groups in total. The van der Waals surface area contributed by atoms with Gasteiger partial charge in [0.25, 0.3) is 0 Å². The van der Waals surface area contributed by atoms with E-state index in [4.69, 9.17) is 4.89 Å². The smallest absolute Gasteiger partial charge is 1.00 e. The average Bonchev–Trinajstić information content (AvgIpc) is 1.85. The number of phosphoric acid groups is 1. The summed E-state index contributed by atoms with van der Waals surface area (Å²) in [5.41, 5.74) is 0. The zero-order chi connectivity index (χ0) is 10.4. The molecular weight excluding hydrogens is 227 g/mol. The second-order valence-electron chi connectivity index (χ2n) is 1.10. The van der Waals surface area contributed by atoms with Crippen molar-refractivity contribution in [2.75, 3.05) is 0 Å². The minimum Gasteiger partial charge on any atom is -1.00 e. The van der Waals surface area contributed by atoms with Gasteiger partial charge in [-0.25, -0.2) is 4.57 Å². The molecule has 0 fully saturated rings. The number of rotatable bonds is 2. The van der Waals surface area contributed by atoms with Gasteiger partial charge in [-0.1, -0.05) is 9.46 Å². The molecule has 0 rings (SSSR count). The molecule has 0 radical (unpaired) electrons. The molecule has 0 aromatic carbocycles. The van der Waals surface area contributed by atoms with Crippen LogP contribution < -0.4 is 18.9 Å². The van der Waals surface area contributed by atoms with E-state index in [1.54, 1.807) is 0 Å². The zero-order valence-electron chi connectivity index (χ0n) is 6.96. The van der Waals surface area contributed by atoms with Crippen molar-refractivity contribution in [3.8, 4) is 0 Å². The van der Waals surface area contributed by atoms with E-state index in [-0.39, 0.29) is 20.3 Å².